The summed E-state index contributed by atoms with van der Waals surface area (Å²) < 4.78 is 27.6. The second-order valence-corrected chi connectivity index (χ2v) is 8.85. The first-order valence-corrected chi connectivity index (χ1v) is 9.39. The van der Waals surface area contributed by atoms with Crippen molar-refractivity contribution in [2.45, 2.75) is 25.1 Å². The number of hydrogen-bond acceptors (Lipinski definition) is 6. The number of fused-ring (bicyclic) bond motifs is 1. The van der Waals surface area contributed by atoms with Gasteiger partial charge in [0, 0.05) is 30.2 Å². The Morgan fingerprint density at radius 2 is 2.27 bits per heavy atom. The molecule has 2 aromatic heterocycles. The van der Waals surface area contributed by atoms with Crippen molar-refractivity contribution in [3.8, 4) is 0 Å². The Labute approximate surface area is 132 Å². The van der Waals surface area contributed by atoms with Gasteiger partial charge in [-0.2, -0.15) is 0 Å². The van der Waals surface area contributed by atoms with Gasteiger partial charge in [0.25, 0.3) is 5.56 Å². The molecule has 2 aromatic rings. The second kappa shape index (κ2) is 5.73. The number of aromatic nitrogens is 2. The van der Waals surface area contributed by atoms with E-state index in [4.69, 9.17) is 0 Å². The first-order valence-electron chi connectivity index (χ1n) is 7.02. The molecule has 0 saturated carbocycles. The summed E-state index contributed by atoms with van der Waals surface area (Å²) in [6.07, 6.45) is 2.38. The average molecular weight is 342 g/mol. The maximum Gasteiger partial charge on any atom is 0.258 e. The van der Waals surface area contributed by atoms with Crippen LogP contribution in [0.2, 0.25) is 0 Å². The van der Waals surface area contributed by atoms with Crippen molar-refractivity contribution < 1.29 is 8.42 Å². The van der Waals surface area contributed by atoms with Crippen LogP contribution in [0.15, 0.2) is 17.1 Å². The molecule has 0 aliphatic carbocycles. The second-order valence-electron chi connectivity index (χ2n) is 5.48. The predicted octanol–water partition coefficient (Wildman–Crippen LogP) is 0.188. The monoisotopic (exact) mass is 342 g/mol. The maximum atomic E-state index is 12.1. The quantitative estimate of drug-likeness (QED) is 0.857. The molecule has 1 unspecified atom stereocenters. The van der Waals surface area contributed by atoms with Gasteiger partial charge in [-0.05, 0) is 26.9 Å². The van der Waals surface area contributed by atoms with Crippen molar-refractivity contribution in [3.63, 3.8) is 0 Å². The molecule has 0 aromatic carbocycles. The van der Waals surface area contributed by atoms with Gasteiger partial charge in [0.15, 0.2) is 4.96 Å². The van der Waals surface area contributed by atoms with E-state index >= 15 is 0 Å². The van der Waals surface area contributed by atoms with E-state index < -0.39 is 15.3 Å². The number of likely N-dealkylation sites (tertiary alicyclic amines) is 1. The van der Waals surface area contributed by atoms with E-state index in [0.717, 1.165) is 4.88 Å². The van der Waals surface area contributed by atoms with Crippen LogP contribution in [0.5, 0.6) is 0 Å². The molecule has 0 radical (unpaired) electrons. The summed E-state index contributed by atoms with van der Waals surface area (Å²) in [5, 5.41) is -0.397. The van der Waals surface area contributed by atoms with Gasteiger partial charge < -0.3 is 0 Å². The molecule has 7 nitrogen and oxygen atoms in total. The molecule has 3 heterocycles. The van der Waals surface area contributed by atoms with Crippen LogP contribution < -0.4 is 10.3 Å². The summed E-state index contributed by atoms with van der Waals surface area (Å²) in [4.78, 5) is 20.3. The highest BCUT2D eigenvalue weighted by Gasteiger charge is 2.32. The Hall–Kier alpha value is -1.29. The van der Waals surface area contributed by atoms with E-state index in [-0.39, 0.29) is 5.56 Å². The van der Waals surface area contributed by atoms with Crippen molar-refractivity contribution in [2.75, 3.05) is 20.1 Å². The number of sulfonamides is 1. The minimum absolute atomic E-state index is 0.0945. The standard InChI is InChI=1S/C13H18N4O3S2/c1-9-6-17-12(18)5-10(15-13(17)21-9)7-16-4-3-11(8-16)22(19,20)14-2/h5-6,11,14H,3-4,7-8H2,1-2H3. The number of rotatable bonds is 4. The van der Waals surface area contributed by atoms with E-state index in [9.17, 15) is 13.2 Å². The highest BCUT2D eigenvalue weighted by molar-refractivity contribution is 7.90. The molecular formula is C13H18N4O3S2. The number of thiazole rings is 1. The lowest BCUT2D eigenvalue weighted by atomic mass is 10.4. The molecule has 0 amide bonds. The first kappa shape index (κ1) is 15.6. The summed E-state index contributed by atoms with van der Waals surface area (Å²) >= 11 is 1.47. The molecule has 1 aliphatic rings. The van der Waals surface area contributed by atoms with Crippen LogP contribution in [-0.2, 0) is 16.6 Å². The molecule has 22 heavy (non-hydrogen) atoms. The molecular weight excluding hydrogens is 324 g/mol. The average Bonchev–Trinajstić information content (AvgIpc) is 3.05. The zero-order valence-corrected chi connectivity index (χ0v) is 14.1. The van der Waals surface area contributed by atoms with Crippen molar-refractivity contribution in [1.29, 1.82) is 0 Å². The molecule has 3 rings (SSSR count). The van der Waals surface area contributed by atoms with Gasteiger partial charge in [-0.25, -0.2) is 18.1 Å². The summed E-state index contributed by atoms with van der Waals surface area (Å²) in [6, 6.07) is 1.53. The van der Waals surface area contributed by atoms with Gasteiger partial charge in [-0.1, -0.05) is 0 Å². The Balaban J connectivity index is 1.79. The minimum atomic E-state index is -3.24. The Morgan fingerprint density at radius 3 is 3.00 bits per heavy atom. The fourth-order valence-electron chi connectivity index (χ4n) is 2.73. The van der Waals surface area contributed by atoms with Crippen LogP contribution in [0.1, 0.15) is 17.0 Å². The number of aryl methyl sites for hydroxylation is 1. The first-order chi connectivity index (χ1) is 10.4. The van der Waals surface area contributed by atoms with E-state index in [1.54, 1.807) is 10.6 Å². The van der Waals surface area contributed by atoms with Crippen LogP contribution in [0, 0.1) is 6.92 Å². The maximum absolute atomic E-state index is 12.1. The summed E-state index contributed by atoms with van der Waals surface area (Å²) in [5.74, 6) is 0. The predicted molar refractivity (Wildman–Crippen MR) is 85.7 cm³/mol. The third-order valence-electron chi connectivity index (χ3n) is 3.87. The van der Waals surface area contributed by atoms with Gasteiger partial charge in [0.1, 0.15) is 0 Å². The highest BCUT2D eigenvalue weighted by atomic mass is 32.2. The van der Waals surface area contributed by atoms with E-state index in [0.29, 0.717) is 36.7 Å². The normalized spacial score (nSPS) is 20.0. The fourth-order valence-corrected chi connectivity index (χ4v) is 4.74. The van der Waals surface area contributed by atoms with Crippen LogP contribution in [-0.4, -0.2) is 48.1 Å². The molecule has 1 aliphatic heterocycles. The number of nitrogens with zero attached hydrogens (tertiary/aromatic N) is 3. The number of nitrogens with one attached hydrogen (secondary N) is 1. The minimum Gasteiger partial charge on any atom is -0.296 e. The lowest BCUT2D eigenvalue weighted by molar-refractivity contribution is 0.327. The van der Waals surface area contributed by atoms with E-state index in [1.165, 1.54) is 24.5 Å². The third-order valence-corrected chi connectivity index (χ3v) is 6.60. The van der Waals surface area contributed by atoms with E-state index in [1.807, 2.05) is 11.8 Å². The summed E-state index contributed by atoms with van der Waals surface area (Å²) in [7, 11) is -1.80. The van der Waals surface area contributed by atoms with Gasteiger partial charge in [-0.15, -0.1) is 11.3 Å². The lowest BCUT2D eigenvalue weighted by Gasteiger charge is -2.15. The number of hydrogen-bond donors (Lipinski definition) is 1. The molecule has 1 atom stereocenters. The summed E-state index contributed by atoms with van der Waals surface area (Å²) in [5.41, 5.74) is 0.595. The third kappa shape index (κ3) is 2.94. The molecule has 1 N–H and O–H groups in total. The van der Waals surface area contributed by atoms with E-state index in [2.05, 4.69) is 9.71 Å². The molecule has 1 fully saturated rings. The van der Waals surface area contributed by atoms with Crippen LogP contribution >= 0.6 is 11.3 Å². The molecule has 0 spiro atoms. The van der Waals surface area contributed by atoms with Crippen LogP contribution in [0.25, 0.3) is 4.96 Å². The van der Waals surface area contributed by atoms with Crippen molar-refractivity contribution >= 4 is 26.3 Å². The lowest BCUT2D eigenvalue weighted by Crippen LogP contribution is -2.34. The molecule has 120 valence electrons. The zero-order chi connectivity index (χ0) is 15.9. The molecule has 0 bridgehead atoms. The fraction of sp³-hybridized carbons (Fsp3) is 0.538. The van der Waals surface area contributed by atoms with Crippen LogP contribution in [0.4, 0.5) is 0 Å². The van der Waals surface area contributed by atoms with Crippen LogP contribution in [0.3, 0.4) is 0 Å². The zero-order valence-electron chi connectivity index (χ0n) is 12.4. The largest absolute Gasteiger partial charge is 0.296 e. The Bertz CT molecular complexity index is 856. The van der Waals surface area contributed by atoms with Crippen molar-refractivity contribution in [1.82, 2.24) is 19.0 Å². The topological polar surface area (TPSA) is 83.8 Å². The van der Waals surface area contributed by atoms with Gasteiger partial charge >= 0.3 is 0 Å². The van der Waals surface area contributed by atoms with Crippen molar-refractivity contribution in [2.24, 2.45) is 0 Å². The molecule has 1 saturated heterocycles. The smallest absolute Gasteiger partial charge is 0.258 e. The SMILES string of the molecule is CNS(=O)(=O)C1CCN(Cc2cc(=O)n3cc(C)sc3n2)C1. The Kier molecular flexibility index (Phi) is 4.06. The van der Waals surface area contributed by atoms with Crippen molar-refractivity contribution in [3.05, 3.63) is 33.2 Å². The van der Waals surface area contributed by atoms with Gasteiger partial charge in [0.2, 0.25) is 10.0 Å². The van der Waals surface area contributed by atoms with Gasteiger partial charge in [0.05, 0.1) is 10.9 Å². The molecule has 9 heteroatoms. The summed E-state index contributed by atoms with van der Waals surface area (Å²) in [6.45, 7) is 3.59. The Morgan fingerprint density at radius 1 is 1.50 bits per heavy atom. The van der Waals surface area contributed by atoms with Gasteiger partial charge in [-0.3, -0.25) is 14.1 Å². The highest BCUT2D eigenvalue weighted by Crippen LogP contribution is 2.19.